The van der Waals surface area contributed by atoms with Gasteiger partial charge in [0.2, 0.25) is 5.91 Å². The predicted octanol–water partition coefficient (Wildman–Crippen LogP) is 2.07. The molecule has 2 atom stereocenters. The van der Waals surface area contributed by atoms with Gasteiger partial charge < -0.3 is 10.6 Å². The lowest BCUT2D eigenvalue weighted by Crippen LogP contribution is -2.46. The largest absolute Gasteiger partial charge is 0.352 e. The molecule has 6 nitrogen and oxygen atoms in total. The number of carbonyl (C=O) groups excluding carboxylic acids is 3. The van der Waals surface area contributed by atoms with E-state index in [1.807, 2.05) is 31.2 Å². The fourth-order valence-corrected chi connectivity index (χ4v) is 4.27. The monoisotopic (exact) mass is 355 g/mol. The molecule has 0 unspecified atom stereocenters. The number of nitrogens with zero attached hydrogens (tertiary/aromatic N) is 1. The lowest BCUT2D eigenvalue weighted by atomic mass is 9.84. The summed E-state index contributed by atoms with van der Waals surface area (Å²) in [5.74, 6) is -0.0416. The number of urea groups is 1. The van der Waals surface area contributed by atoms with Gasteiger partial charge in [0.15, 0.2) is 0 Å². The van der Waals surface area contributed by atoms with Crippen molar-refractivity contribution in [2.75, 3.05) is 6.54 Å². The first-order valence-electron chi connectivity index (χ1n) is 9.53. The van der Waals surface area contributed by atoms with E-state index in [4.69, 9.17) is 0 Å². The molecule has 2 aliphatic carbocycles. The van der Waals surface area contributed by atoms with Crippen LogP contribution in [-0.2, 0) is 21.5 Å². The van der Waals surface area contributed by atoms with Gasteiger partial charge in [-0.05, 0) is 62.5 Å². The second-order valence-corrected chi connectivity index (χ2v) is 7.78. The van der Waals surface area contributed by atoms with Crippen LogP contribution in [0.2, 0.25) is 0 Å². The Kier molecular flexibility index (Phi) is 4.21. The number of fused-ring (bicyclic) bond motifs is 2. The minimum absolute atomic E-state index is 0.0934. The number of rotatable bonds is 4. The van der Waals surface area contributed by atoms with Crippen molar-refractivity contribution in [2.24, 2.45) is 5.92 Å². The Bertz CT molecular complexity index is 758. The third-order valence-electron chi connectivity index (χ3n) is 5.92. The van der Waals surface area contributed by atoms with Crippen molar-refractivity contribution < 1.29 is 14.4 Å². The average Bonchev–Trinajstić information content (AvgIpc) is 3.44. The molecule has 4 rings (SSSR count). The van der Waals surface area contributed by atoms with Gasteiger partial charge in [0.25, 0.3) is 5.91 Å². The third-order valence-corrected chi connectivity index (χ3v) is 5.92. The summed E-state index contributed by atoms with van der Waals surface area (Å²) in [6.07, 6.45) is 5.58. The van der Waals surface area contributed by atoms with Crippen molar-refractivity contribution in [1.29, 1.82) is 0 Å². The van der Waals surface area contributed by atoms with Crippen molar-refractivity contribution in [2.45, 2.75) is 57.0 Å². The number of amides is 4. The molecule has 0 bridgehead atoms. The van der Waals surface area contributed by atoms with Crippen LogP contribution in [0.1, 0.15) is 50.2 Å². The number of hydrogen-bond acceptors (Lipinski definition) is 3. The van der Waals surface area contributed by atoms with Gasteiger partial charge in [-0.1, -0.05) is 24.3 Å². The average molecular weight is 355 g/mol. The number of aryl methyl sites for hydroxylation is 1. The highest BCUT2D eigenvalue weighted by molar-refractivity contribution is 6.09. The number of imide groups is 1. The number of carbonyl (C=O) groups is 3. The Balaban J connectivity index is 1.56. The molecular formula is C20H25N3O3. The lowest BCUT2D eigenvalue weighted by Gasteiger charge is -2.27. The Morgan fingerprint density at radius 3 is 2.85 bits per heavy atom. The van der Waals surface area contributed by atoms with E-state index in [9.17, 15) is 14.4 Å². The summed E-state index contributed by atoms with van der Waals surface area (Å²) < 4.78 is 0. The van der Waals surface area contributed by atoms with Gasteiger partial charge in [0, 0.05) is 6.04 Å². The van der Waals surface area contributed by atoms with Gasteiger partial charge in [-0.15, -0.1) is 0 Å². The highest BCUT2D eigenvalue weighted by Gasteiger charge is 2.53. The quantitative estimate of drug-likeness (QED) is 0.812. The van der Waals surface area contributed by atoms with Crippen LogP contribution in [0.5, 0.6) is 0 Å². The van der Waals surface area contributed by atoms with Gasteiger partial charge in [-0.3, -0.25) is 14.5 Å². The summed E-state index contributed by atoms with van der Waals surface area (Å²) >= 11 is 0. The highest BCUT2D eigenvalue weighted by atomic mass is 16.2. The van der Waals surface area contributed by atoms with Crippen LogP contribution >= 0.6 is 0 Å². The second kappa shape index (κ2) is 6.41. The fraction of sp³-hybridized carbons (Fsp3) is 0.550. The van der Waals surface area contributed by atoms with Gasteiger partial charge >= 0.3 is 6.03 Å². The van der Waals surface area contributed by atoms with Gasteiger partial charge in [-0.25, -0.2) is 4.79 Å². The molecule has 0 aromatic heterocycles. The molecule has 1 saturated carbocycles. The normalized spacial score (nSPS) is 26.3. The zero-order chi connectivity index (χ0) is 18.3. The summed E-state index contributed by atoms with van der Waals surface area (Å²) in [7, 11) is 0. The van der Waals surface area contributed by atoms with E-state index < -0.39 is 11.6 Å². The van der Waals surface area contributed by atoms with Crippen LogP contribution in [-0.4, -0.2) is 35.3 Å². The number of hydrogen-bond donors (Lipinski definition) is 2. The minimum Gasteiger partial charge on any atom is -0.352 e. The van der Waals surface area contributed by atoms with Gasteiger partial charge in [-0.2, -0.15) is 0 Å². The smallest absolute Gasteiger partial charge is 0.325 e. The van der Waals surface area contributed by atoms with Crippen molar-refractivity contribution in [1.82, 2.24) is 15.5 Å². The molecule has 138 valence electrons. The van der Waals surface area contributed by atoms with Crippen LogP contribution in [0, 0.1) is 5.92 Å². The molecule has 1 spiro atoms. The van der Waals surface area contributed by atoms with E-state index in [1.54, 1.807) is 0 Å². The van der Waals surface area contributed by atoms with E-state index in [2.05, 4.69) is 10.6 Å². The van der Waals surface area contributed by atoms with Crippen LogP contribution in [0.3, 0.4) is 0 Å². The third kappa shape index (κ3) is 2.87. The van der Waals surface area contributed by atoms with Crippen LogP contribution < -0.4 is 10.6 Å². The first-order valence-corrected chi connectivity index (χ1v) is 9.53. The topological polar surface area (TPSA) is 78.5 Å². The number of nitrogens with one attached hydrogen (secondary N) is 2. The molecule has 26 heavy (non-hydrogen) atoms. The number of benzene rings is 1. The Hall–Kier alpha value is -2.37. The zero-order valence-corrected chi connectivity index (χ0v) is 15.1. The summed E-state index contributed by atoms with van der Waals surface area (Å²) in [6.45, 7) is 1.76. The Labute approximate surface area is 153 Å². The first kappa shape index (κ1) is 17.1. The molecule has 2 fully saturated rings. The summed E-state index contributed by atoms with van der Waals surface area (Å²) in [4.78, 5) is 39.2. The second-order valence-electron chi connectivity index (χ2n) is 7.78. The maximum Gasteiger partial charge on any atom is 0.325 e. The molecule has 1 saturated heterocycles. The zero-order valence-electron chi connectivity index (χ0n) is 15.1. The van der Waals surface area contributed by atoms with Crippen molar-refractivity contribution >= 4 is 17.8 Å². The van der Waals surface area contributed by atoms with E-state index in [-0.39, 0.29) is 24.4 Å². The van der Waals surface area contributed by atoms with E-state index in [0.29, 0.717) is 12.3 Å². The standard InChI is InChI=1S/C20H25N3O3/c1-13(14-9-10-14)21-17(24)12-23-18(25)20(22-19(23)26)11-5-4-7-15-6-2-3-8-16(15)20/h2-3,6,8,13-14H,4-5,7,9-12H2,1H3,(H,21,24)(H,22,26)/t13-,20+/m1/s1. The van der Waals surface area contributed by atoms with Crippen molar-refractivity contribution in [3.05, 3.63) is 35.4 Å². The lowest BCUT2D eigenvalue weighted by molar-refractivity contribution is -0.135. The summed E-state index contributed by atoms with van der Waals surface area (Å²) in [5, 5.41) is 5.84. The molecule has 0 radical (unpaired) electrons. The van der Waals surface area contributed by atoms with Gasteiger partial charge in [0.1, 0.15) is 12.1 Å². The molecule has 3 aliphatic rings. The Morgan fingerprint density at radius 2 is 2.08 bits per heavy atom. The predicted molar refractivity (Wildman–Crippen MR) is 96.2 cm³/mol. The van der Waals surface area contributed by atoms with Crippen molar-refractivity contribution in [3.63, 3.8) is 0 Å². The van der Waals surface area contributed by atoms with Crippen molar-refractivity contribution in [3.8, 4) is 0 Å². The van der Waals surface area contributed by atoms with Crippen LogP contribution in [0.15, 0.2) is 24.3 Å². The highest BCUT2D eigenvalue weighted by Crippen LogP contribution is 2.39. The SMILES string of the molecule is C[C@@H](NC(=O)CN1C(=O)N[C@]2(CCCCc3ccccc32)C1=O)C1CC1. The van der Waals surface area contributed by atoms with Crippen LogP contribution in [0.4, 0.5) is 4.79 Å². The fourth-order valence-electron chi connectivity index (χ4n) is 4.27. The van der Waals surface area contributed by atoms with E-state index in [1.165, 1.54) is 0 Å². The molecule has 1 aromatic carbocycles. The summed E-state index contributed by atoms with van der Waals surface area (Å²) in [6, 6.07) is 7.44. The van der Waals surface area contributed by atoms with E-state index >= 15 is 0 Å². The van der Waals surface area contributed by atoms with E-state index in [0.717, 1.165) is 48.1 Å². The maximum atomic E-state index is 13.2. The first-order chi connectivity index (χ1) is 12.5. The maximum absolute atomic E-state index is 13.2. The molecule has 1 aliphatic heterocycles. The van der Waals surface area contributed by atoms with Crippen LogP contribution in [0.25, 0.3) is 0 Å². The molecular weight excluding hydrogens is 330 g/mol. The van der Waals surface area contributed by atoms with Gasteiger partial charge in [0.05, 0.1) is 0 Å². The molecule has 4 amide bonds. The molecule has 1 aromatic rings. The molecule has 6 heteroatoms. The molecule has 2 N–H and O–H groups in total. The Morgan fingerprint density at radius 1 is 1.31 bits per heavy atom. The minimum atomic E-state index is -1.02. The summed E-state index contributed by atoms with van der Waals surface area (Å²) in [5.41, 5.74) is 0.962. The molecule has 1 heterocycles.